The van der Waals surface area contributed by atoms with Crippen LogP contribution in [0.2, 0.25) is 0 Å². The highest BCUT2D eigenvalue weighted by molar-refractivity contribution is 7.92. The number of nitrogens with one attached hydrogen (secondary N) is 3. The van der Waals surface area contributed by atoms with Crippen LogP contribution in [0.25, 0.3) is 0 Å². The van der Waals surface area contributed by atoms with Crippen molar-refractivity contribution in [3.8, 4) is 6.07 Å². The number of anilines is 3. The van der Waals surface area contributed by atoms with Crippen LogP contribution in [0.1, 0.15) is 11.3 Å². The predicted molar refractivity (Wildman–Crippen MR) is 115 cm³/mol. The quantitative estimate of drug-likeness (QED) is 0.379. The van der Waals surface area contributed by atoms with E-state index in [1.165, 1.54) is 24.3 Å². The number of sulfonamides is 1. The number of para-hydroxylation sites is 1. The number of benzene rings is 2. The molecule has 0 bridgehead atoms. The number of amides is 1. The third-order valence-corrected chi connectivity index (χ3v) is 5.55. The molecule has 0 aliphatic rings. The topological polar surface area (TPSA) is 149 Å². The maximum absolute atomic E-state index is 12.5. The summed E-state index contributed by atoms with van der Waals surface area (Å²) in [6.07, 6.45) is 0. The smallest absolute Gasteiger partial charge is 0.287 e. The summed E-state index contributed by atoms with van der Waals surface area (Å²) in [6.45, 7) is 3.38. The fourth-order valence-corrected chi connectivity index (χ4v) is 3.41. The lowest BCUT2D eigenvalue weighted by atomic mass is 10.3. The highest BCUT2D eigenvalue weighted by Gasteiger charge is 2.19. The molecule has 2 aromatic carbocycles. The zero-order valence-corrected chi connectivity index (χ0v) is 17.4. The molecule has 3 rings (SSSR count). The second kappa shape index (κ2) is 9.10. The largest absolute Gasteiger partial charge is 0.337 e. The molecule has 0 saturated heterocycles. The summed E-state index contributed by atoms with van der Waals surface area (Å²) in [5.41, 5.74) is 4.30. The van der Waals surface area contributed by atoms with Gasteiger partial charge in [0, 0.05) is 11.3 Å². The van der Waals surface area contributed by atoms with Crippen molar-refractivity contribution in [2.24, 2.45) is 5.10 Å². The van der Waals surface area contributed by atoms with Gasteiger partial charge in [0.25, 0.3) is 15.9 Å². The van der Waals surface area contributed by atoms with Gasteiger partial charge in [-0.15, -0.1) is 0 Å². The lowest BCUT2D eigenvalue weighted by Gasteiger charge is -2.08. The minimum absolute atomic E-state index is 0.0377. The van der Waals surface area contributed by atoms with Crippen molar-refractivity contribution in [1.29, 1.82) is 5.26 Å². The van der Waals surface area contributed by atoms with Crippen molar-refractivity contribution < 1.29 is 17.7 Å². The van der Waals surface area contributed by atoms with Gasteiger partial charge in [-0.05, 0) is 50.2 Å². The second-order valence-electron chi connectivity index (χ2n) is 6.36. The van der Waals surface area contributed by atoms with Gasteiger partial charge < -0.3 is 9.84 Å². The van der Waals surface area contributed by atoms with Gasteiger partial charge in [0.15, 0.2) is 0 Å². The molecular weight excluding hydrogens is 420 g/mol. The summed E-state index contributed by atoms with van der Waals surface area (Å²) in [7, 11) is -3.91. The molecule has 1 aromatic heterocycles. The van der Waals surface area contributed by atoms with Gasteiger partial charge in [0.1, 0.15) is 6.07 Å². The molecule has 1 amide bonds. The highest BCUT2D eigenvalue weighted by Crippen LogP contribution is 2.22. The van der Waals surface area contributed by atoms with Crippen molar-refractivity contribution in [2.75, 3.05) is 15.5 Å². The Morgan fingerprint density at radius 3 is 2.32 bits per heavy atom. The molecule has 31 heavy (non-hydrogen) atoms. The van der Waals surface area contributed by atoms with Crippen LogP contribution in [-0.4, -0.2) is 25.2 Å². The molecule has 1 heterocycles. The zero-order chi connectivity index (χ0) is 22.4. The van der Waals surface area contributed by atoms with Gasteiger partial charge in [-0.3, -0.25) is 10.2 Å². The molecule has 0 spiro atoms. The number of hydrazone groups is 1. The van der Waals surface area contributed by atoms with Gasteiger partial charge in [-0.25, -0.2) is 13.1 Å². The first-order valence-corrected chi connectivity index (χ1v) is 10.4. The van der Waals surface area contributed by atoms with Crippen molar-refractivity contribution in [3.63, 3.8) is 0 Å². The van der Waals surface area contributed by atoms with Crippen LogP contribution in [-0.2, 0) is 14.8 Å². The van der Waals surface area contributed by atoms with E-state index in [4.69, 9.17) is 4.52 Å². The first-order chi connectivity index (χ1) is 14.8. The fourth-order valence-electron chi connectivity index (χ4n) is 2.36. The van der Waals surface area contributed by atoms with Crippen molar-refractivity contribution in [2.45, 2.75) is 18.7 Å². The zero-order valence-electron chi connectivity index (χ0n) is 16.6. The van der Waals surface area contributed by atoms with Gasteiger partial charge in [0.05, 0.1) is 16.3 Å². The van der Waals surface area contributed by atoms with Crippen LogP contribution in [0.15, 0.2) is 69.1 Å². The predicted octanol–water partition coefficient (Wildman–Crippen LogP) is 3.02. The summed E-state index contributed by atoms with van der Waals surface area (Å²) in [6, 6.07) is 15.9. The molecule has 0 aliphatic heterocycles. The van der Waals surface area contributed by atoms with E-state index in [2.05, 4.69) is 25.7 Å². The van der Waals surface area contributed by atoms with E-state index in [9.17, 15) is 18.5 Å². The van der Waals surface area contributed by atoms with Crippen LogP contribution >= 0.6 is 0 Å². The molecule has 0 fully saturated rings. The lowest BCUT2D eigenvalue weighted by molar-refractivity contribution is -0.110. The minimum atomic E-state index is -3.91. The van der Waals surface area contributed by atoms with E-state index < -0.39 is 21.6 Å². The number of aryl methyl sites for hydroxylation is 1. The third kappa shape index (κ3) is 5.26. The Morgan fingerprint density at radius 1 is 1.06 bits per heavy atom. The first kappa shape index (κ1) is 21.5. The fraction of sp³-hybridized carbons (Fsp3) is 0.100. The van der Waals surface area contributed by atoms with Crippen molar-refractivity contribution in [3.05, 3.63) is 65.9 Å². The maximum Gasteiger partial charge on any atom is 0.287 e. The molecule has 158 valence electrons. The number of rotatable bonds is 7. The summed E-state index contributed by atoms with van der Waals surface area (Å²) in [5.74, 6) is -0.705. The Balaban J connectivity index is 1.68. The van der Waals surface area contributed by atoms with Crippen molar-refractivity contribution in [1.82, 2.24) is 5.16 Å². The van der Waals surface area contributed by atoms with E-state index >= 15 is 0 Å². The molecule has 3 N–H and O–H groups in total. The van der Waals surface area contributed by atoms with Crippen LogP contribution in [0.4, 0.5) is 17.3 Å². The number of aromatic nitrogens is 1. The highest BCUT2D eigenvalue weighted by atomic mass is 32.2. The first-order valence-electron chi connectivity index (χ1n) is 8.96. The van der Waals surface area contributed by atoms with Crippen molar-refractivity contribution >= 4 is 38.9 Å². The molecule has 0 aliphatic carbocycles. The lowest BCUT2D eigenvalue weighted by Crippen LogP contribution is -2.22. The van der Waals surface area contributed by atoms with Crippen LogP contribution in [0.5, 0.6) is 0 Å². The Kier molecular flexibility index (Phi) is 6.32. The molecule has 0 saturated carbocycles. The number of hydrogen-bond donors (Lipinski definition) is 3. The minimum Gasteiger partial charge on any atom is -0.337 e. The summed E-state index contributed by atoms with van der Waals surface area (Å²) in [5, 5.41) is 19.2. The van der Waals surface area contributed by atoms with Crippen LogP contribution < -0.4 is 15.5 Å². The van der Waals surface area contributed by atoms with E-state index in [1.807, 2.05) is 6.07 Å². The Hall–Kier alpha value is -4.17. The number of nitriles is 1. The van der Waals surface area contributed by atoms with Gasteiger partial charge in [-0.1, -0.05) is 23.4 Å². The third-order valence-electron chi connectivity index (χ3n) is 4.20. The Morgan fingerprint density at radius 2 is 1.74 bits per heavy atom. The van der Waals surface area contributed by atoms with E-state index in [0.29, 0.717) is 22.6 Å². The normalized spacial score (nSPS) is 11.5. The van der Waals surface area contributed by atoms with E-state index in [0.717, 1.165) is 0 Å². The number of carbonyl (C=O) groups is 1. The summed E-state index contributed by atoms with van der Waals surface area (Å²) < 4.78 is 32.3. The van der Waals surface area contributed by atoms with Crippen LogP contribution in [0, 0.1) is 25.2 Å². The molecule has 11 heteroatoms. The van der Waals surface area contributed by atoms with E-state index in [-0.39, 0.29) is 10.8 Å². The average molecular weight is 438 g/mol. The number of hydrogen-bond acceptors (Lipinski definition) is 8. The summed E-state index contributed by atoms with van der Waals surface area (Å²) >= 11 is 0. The van der Waals surface area contributed by atoms with Gasteiger partial charge >= 0.3 is 0 Å². The number of nitrogens with zero attached hydrogens (tertiary/aromatic N) is 3. The molecule has 3 aromatic rings. The van der Waals surface area contributed by atoms with Crippen LogP contribution in [0.3, 0.4) is 0 Å². The SMILES string of the molecule is Cc1noc(NS(=O)(=O)c2ccc(NC(=O)C(C#N)=NNc3ccccc3)cc2)c1C. The molecule has 0 atom stereocenters. The van der Waals surface area contributed by atoms with Gasteiger partial charge in [0.2, 0.25) is 11.6 Å². The molecule has 0 radical (unpaired) electrons. The van der Waals surface area contributed by atoms with E-state index in [1.54, 1.807) is 44.2 Å². The maximum atomic E-state index is 12.5. The monoisotopic (exact) mass is 438 g/mol. The average Bonchev–Trinajstić information content (AvgIpc) is 3.07. The number of carbonyl (C=O) groups excluding carboxylic acids is 1. The second-order valence-corrected chi connectivity index (χ2v) is 8.04. The molecule has 10 nitrogen and oxygen atoms in total. The summed E-state index contributed by atoms with van der Waals surface area (Å²) in [4.78, 5) is 12.2. The molecule has 0 unspecified atom stereocenters. The van der Waals surface area contributed by atoms with Gasteiger partial charge in [-0.2, -0.15) is 10.4 Å². The Bertz CT molecular complexity index is 1260. The standard InChI is InChI=1S/C20H18N6O4S/c1-13-14(2)25-30-20(13)26-31(28,29)17-10-8-15(9-11-17)22-19(27)18(12-21)24-23-16-6-4-3-5-7-16/h3-11,23,26H,1-2H3,(H,22,27). The Labute approximate surface area is 178 Å². The molecular formula is C20H18N6O4S.